The monoisotopic (exact) mass is 229 g/mol. The number of aliphatic hydroxyl groups is 2. The molecule has 0 aromatic heterocycles. The van der Waals surface area contributed by atoms with Crippen molar-refractivity contribution in [2.75, 3.05) is 7.11 Å². The summed E-state index contributed by atoms with van der Waals surface area (Å²) in [5, 5.41) is 21.6. The Labute approximate surface area is 92.9 Å². The highest BCUT2D eigenvalue weighted by Gasteiger charge is 2.33. The standard InChI is InChI=1S/C10H15NO5/c1-5(12)11-9-7(13)3-6(4-8(9)14)10(15)16-2/h6-7,13-14H,3-4H2,1-2H3,(H,11,12). The van der Waals surface area contributed by atoms with Crippen LogP contribution in [0.3, 0.4) is 0 Å². The fourth-order valence-corrected chi connectivity index (χ4v) is 1.70. The number of amides is 1. The number of carbonyl (C=O) groups is 2. The second-order valence-corrected chi connectivity index (χ2v) is 3.72. The van der Waals surface area contributed by atoms with Crippen molar-refractivity contribution in [2.45, 2.75) is 25.9 Å². The first-order valence-electron chi connectivity index (χ1n) is 4.91. The zero-order valence-electron chi connectivity index (χ0n) is 9.19. The van der Waals surface area contributed by atoms with E-state index < -0.39 is 18.0 Å². The van der Waals surface area contributed by atoms with Crippen molar-refractivity contribution in [1.82, 2.24) is 5.32 Å². The van der Waals surface area contributed by atoms with Crippen LogP contribution in [0.5, 0.6) is 0 Å². The topological polar surface area (TPSA) is 95.9 Å². The van der Waals surface area contributed by atoms with Crippen LogP contribution in [0, 0.1) is 5.92 Å². The number of aliphatic hydroxyl groups excluding tert-OH is 2. The summed E-state index contributed by atoms with van der Waals surface area (Å²) in [6.07, 6.45) is -0.854. The summed E-state index contributed by atoms with van der Waals surface area (Å²) in [6.45, 7) is 1.28. The molecule has 16 heavy (non-hydrogen) atoms. The fraction of sp³-hybridized carbons (Fsp3) is 0.600. The first-order valence-corrected chi connectivity index (χ1v) is 4.91. The summed E-state index contributed by atoms with van der Waals surface area (Å²) >= 11 is 0. The van der Waals surface area contributed by atoms with Crippen LogP contribution in [0.1, 0.15) is 19.8 Å². The summed E-state index contributed by atoms with van der Waals surface area (Å²) in [6, 6.07) is 0. The van der Waals surface area contributed by atoms with E-state index in [1.807, 2.05) is 0 Å². The number of nitrogens with one attached hydrogen (secondary N) is 1. The van der Waals surface area contributed by atoms with Crippen LogP contribution in [0.15, 0.2) is 11.5 Å². The van der Waals surface area contributed by atoms with E-state index in [4.69, 9.17) is 0 Å². The molecule has 0 aromatic carbocycles. The molecule has 1 aliphatic rings. The Morgan fingerprint density at radius 2 is 2.12 bits per heavy atom. The van der Waals surface area contributed by atoms with Gasteiger partial charge in [-0.15, -0.1) is 0 Å². The van der Waals surface area contributed by atoms with Crippen molar-refractivity contribution in [3.8, 4) is 0 Å². The number of methoxy groups -OCH3 is 1. The van der Waals surface area contributed by atoms with Crippen LogP contribution in [-0.4, -0.2) is 35.3 Å². The Bertz CT molecular complexity index is 336. The van der Waals surface area contributed by atoms with Crippen LogP contribution in [-0.2, 0) is 14.3 Å². The van der Waals surface area contributed by atoms with Gasteiger partial charge in [-0.1, -0.05) is 0 Å². The van der Waals surface area contributed by atoms with Gasteiger partial charge in [0, 0.05) is 13.3 Å². The van der Waals surface area contributed by atoms with Gasteiger partial charge in [0.05, 0.1) is 24.8 Å². The van der Waals surface area contributed by atoms with Gasteiger partial charge >= 0.3 is 5.97 Å². The van der Waals surface area contributed by atoms with Crippen molar-refractivity contribution in [3.05, 3.63) is 11.5 Å². The van der Waals surface area contributed by atoms with Gasteiger partial charge in [-0.25, -0.2) is 0 Å². The molecular weight excluding hydrogens is 214 g/mol. The molecule has 90 valence electrons. The largest absolute Gasteiger partial charge is 0.510 e. The zero-order valence-corrected chi connectivity index (χ0v) is 9.19. The molecule has 0 bridgehead atoms. The van der Waals surface area contributed by atoms with E-state index in [9.17, 15) is 19.8 Å². The molecule has 3 N–H and O–H groups in total. The van der Waals surface area contributed by atoms with E-state index in [0.717, 1.165) is 0 Å². The number of esters is 1. The molecule has 6 heteroatoms. The fourth-order valence-electron chi connectivity index (χ4n) is 1.70. The van der Waals surface area contributed by atoms with Crippen molar-refractivity contribution in [2.24, 2.45) is 5.92 Å². The first-order chi connectivity index (χ1) is 7.45. The average Bonchev–Trinajstić information content (AvgIpc) is 2.21. The van der Waals surface area contributed by atoms with E-state index in [0.29, 0.717) is 0 Å². The number of carbonyl (C=O) groups excluding carboxylic acids is 2. The lowest BCUT2D eigenvalue weighted by Crippen LogP contribution is -2.36. The van der Waals surface area contributed by atoms with Crippen LogP contribution in [0.25, 0.3) is 0 Å². The van der Waals surface area contributed by atoms with Crippen LogP contribution >= 0.6 is 0 Å². The van der Waals surface area contributed by atoms with Crippen molar-refractivity contribution in [1.29, 1.82) is 0 Å². The third-order valence-corrected chi connectivity index (χ3v) is 2.44. The third kappa shape index (κ3) is 2.73. The maximum atomic E-state index is 11.2. The Balaban J connectivity index is 2.81. The summed E-state index contributed by atoms with van der Waals surface area (Å²) in [5.74, 6) is -1.61. The molecule has 0 heterocycles. The normalized spacial score (nSPS) is 25.2. The third-order valence-electron chi connectivity index (χ3n) is 2.44. The summed E-state index contributed by atoms with van der Waals surface area (Å²) in [7, 11) is 1.25. The Kier molecular flexibility index (Phi) is 3.89. The van der Waals surface area contributed by atoms with Gasteiger partial charge in [-0.2, -0.15) is 0 Å². The molecule has 2 unspecified atom stereocenters. The molecule has 2 atom stereocenters. The maximum absolute atomic E-state index is 11.2. The molecule has 6 nitrogen and oxygen atoms in total. The van der Waals surface area contributed by atoms with Gasteiger partial charge in [0.2, 0.25) is 5.91 Å². The quantitative estimate of drug-likeness (QED) is 0.571. The molecule has 1 amide bonds. The van der Waals surface area contributed by atoms with Crippen LogP contribution in [0.2, 0.25) is 0 Å². The lowest BCUT2D eigenvalue weighted by Gasteiger charge is -2.26. The molecular formula is C10H15NO5. The SMILES string of the molecule is COC(=O)C1CC(O)=C(NC(C)=O)C(O)C1. The van der Waals surface area contributed by atoms with Gasteiger partial charge in [-0.3, -0.25) is 9.59 Å². The van der Waals surface area contributed by atoms with E-state index in [1.165, 1.54) is 14.0 Å². The van der Waals surface area contributed by atoms with Crippen molar-refractivity contribution >= 4 is 11.9 Å². The number of ether oxygens (including phenoxy) is 1. The summed E-state index contributed by atoms with van der Waals surface area (Å²) in [5.41, 5.74) is 0.0765. The van der Waals surface area contributed by atoms with Crippen molar-refractivity contribution < 1.29 is 24.5 Å². The molecule has 0 fully saturated rings. The number of allylic oxidation sites excluding steroid dienone is 1. The number of hydrogen-bond acceptors (Lipinski definition) is 5. The minimum Gasteiger partial charge on any atom is -0.510 e. The predicted molar refractivity (Wildman–Crippen MR) is 54.2 cm³/mol. The lowest BCUT2D eigenvalue weighted by molar-refractivity contribution is -0.147. The molecule has 1 rings (SSSR count). The maximum Gasteiger partial charge on any atom is 0.309 e. The Morgan fingerprint density at radius 3 is 2.56 bits per heavy atom. The Morgan fingerprint density at radius 1 is 1.50 bits per heavy atom. The van der Waals surface area contributed by atoms with Gasteiger partial charge in [0.25, 0.3) is 0 Å². The number of rotatable bonds is 2. The minimum absolute atomic E-state index is 0.0688. The first kappa shape index (κ1) is 12.5. The molecule has 0 aromatic rings. The molecule has 1 aliphatic carbocycles. The highest BCUT2D eigenvalue weighted by atomic mass is 16.5. The second kappa shape index (κ2) is 4.98. The smallest absolute Gasteiger partial charge is 0.309 e. The van der Waals surface area contributed by atoms with Crippen LogP contribution in [0.4, 0.5) is 0 Å². The summed E-state index contributed by atoms with van der Waals surface area (Å²) in [4.78, 5) is 22.0. The average molecular weight is 229 g/mol. The van der Waals surface area contributed by atoms with E-state index in [-0.39, 0.29) is 30.2 Å². The van der Waals surface area contributed by atoms with Crippen LogP contribution < -0.4 is 5.32 Å². The molecule has 0 spiro atoms. The van der Waals surface area contributed by atoms with Gasteiger partial charge in [-0.05, 0) is 6.42 Å². The van der Waals surface area contributed by atoms with Gasteiger partial charge in [0.1, 0.15) is 5.76 Å². The van der Waals surface area contributed by atoms with Crippen molar-refractivity contribution in [3.63, 3.8) is 0 Å². The molecule has 0 aliphatic heterocycles. The molecule has 0 saturated carbocycles. The minimum atomic E-state index is -1.05. The summed E-state index contributed by atoms with van der Waals surface area (Å²) < 4.78 is 4.53. The molecule has 0 saturated heterocycles. The van der Waals surface area contributed by atoms with Gasteiger partial charge < -0.3 is 20.3 Å². The molecule has 0 radical (unpaired) electrons. The van der Waals surface area contributed by atoms with Gasteiger partial charge in [0.15, 0.2) is 0 Å². The highest BCUT2D eigenvalue weighted by Crippen LogP contribution is 2.27. The van der Waals surface area contributed by atoms with E-state index in [2.05, 4.69) is 10.1 Å². The highest BCUT2D eigenvalue weighted by molar-refractivity contribution is 5.76. The zero-order chi connectivity index (χ0) is 12.3. The predicted octanol–water partition coefficient (Wildman–Crippen LogP) is -0.164. The lowest BCUT2D eigenvalue weighted by atomic mass is 9.89. The number of hydrogen-bond donors (Lipinski definition) is 3. The van der Waals surface area contributed by atoms with E-state index >= 15 is 0 Å². The van der Waals surface area contributed by atoms with E-state index in [1.54, 1.807) is 0 Å². The second-order valence-electron chi connectivity index (χ2n) is 3.72. The Hall–Kier alpha value is -1.56.